The van der Waals surface area contributed by atoms with Crippen LogP contribution in [-0.4, -0.2) is 37.7 Å². The molecule has 0 saturated carbocycles. The summed E-state index contributed by atoms with van der Waals surface area (Å²) in [5.74, 6) is -4.66. The summed E-state index contributed by atoms with van der Waals surface area (Å²) >= 11 is 0. The zero-order valence-electron chi connectivity index (χ0n) is 10.6. The van der Waals surface area contributed by atoms with Gasteiger partial charge in [0.05, 0.1) is 17.0 Å². The van der Waals surface area contributed by atoms with Crippen molar-refractivity contribution < 1.29 is 31.4 Å². The molecular formula is C12H11F2NO5S. The van der Waals surface area contributed by atoms with Gasteiger partial charge in [-0.2, -0.15) is 8.42 Å². The molecule has 0 aliphatic carbocycles. The highest BCUT2D eigenvalue weighted by Gasteiger charge is 2.36. The SMILES string of the molecule is O=C(O)c1cccc(F)c1N1CC(CS(=O)(=O)F)CC1=O. The number of para-hydroxylation sites is 1. The highest BCUT2D eigenvalue weighted by molar-refractivity contribution is 7.86. The predicted octanol–water partition coefficient (Wildman–Crippen LogP) is 1.18. The minimum atomic E-state index is -4.76. The van der Waals surface area contributed by atoms with Crippen LogP contribution in [0.2, 0.25) is 0 Å². The van der Waals surface area contributed by atoms with Crippen LogP contribution < -0.4 is 4.90 Å². The Hall–Kier alpha value is -2.03. The lowest BCUT2D eigenvalue weighted by Crippen LogP contribution is -2.28. The van der Waals surface area contributed by atoms with Crippen molar-refractivity contribution in [1.29, 1.82) is 0 Å². The number of carbonyl (C=O) groups is 2. The molecule has 0 spiro atoms. The molecule has 1 aliphatic heterocycles. The fourth-order valence-corrected chi connectivity index (χ4v) is 3.14. The van der Waals surface area contributed by atoms with Gasteiger partial charge in [0, 0.05) is 18.9 Å². The fraction of sp³-hybridized carbons (Fsp3) is 0.333. The van der Waals surface area contributed by atoms with E-state index in [1.54, 1.807) is 0 Å². The van der Waals surface area contributed by atoms with Gasteiger partial charge in [0.25, 0.3) is 0 Å². The standard InChI is InChI=1S/C12H11F2NO5S/c13-9-3-1-2-8(12(17)18)11(9)15-5-7(4-10(15)16)6-21(14,19)20/h1-3,7H,4-6H2,(H,17,18). The lowest BCUT2D eigenvalue weighted by Gasteiger charge is -2.19. The number of anilines is 1. The summed E-state index contributed by atoms with van der Waals surface area (Å²) in [6.07, 6.45) is -0.281. The molecule has 114 valence electrons. The first-order valence-electron chi connectivity index (χ1n) is 5.93. The Morgan fingerprint density at radius 1 is 1.43 bits per heavy atom. The van der Waals surface area contributed by atoms with Crippen LogP contribution in [0, 0.1) is 11.7 Å². The maximum atomic E-state index is 13.9. The molecule has 0 aromatic heterocycles. The lowest BCUT2D eigenvalue weighted by molar-refractivity contribution is -0.117. The average Bonchev–Trinajstić information content (AvgIpc) is 2.66. The molecule has 1 aliphatic rings. The lowest BCUT2D eigenvalue weighted by atomic mass is 10.1. The second-order valence-electron chi connectivity index (χ2n) is 4.72. The summed E-state index contributed by atoms with van der Waals surface area (Å²) in [5, 5.41) is 9.03. The van der Waals surface area contributed by atoms with Crippen molar-refractivity contribution >= 4 is 27.8 Å². The van der Waals surface area contributed by atoms with E-state index in [4.69, 9.17) is 5.11 Å². The number of nitrogens with zero attached hydrogens (tertiary/aromatic N) is 1. The number of halogens is 2. The van der Waals surface area contributed by atoms with E-state index in [-0.39, 0.29) is 13.0 Å². The molecule has 1 aromatic rings. The summed E-state index contributed by atoms with van der Waals surface area (Å²) in [5.41, 5.74) is -0.833. The molecule has 1 fully saturated rings. The van der Waals surface area contributed by atoms with E-state index in [1.165, 1.54) is 6.07 Å². The Labute approximate surface area is 119 Å². The molecule has 21 heavy (non-hydrogen) atoms. The van der Waals surface area contributed by atoms with E-state index in [0.717, 1.165) is 17.0 Å². The zero-order valence-corrected chi connectivity index (χ0v) is 11.4. The summed E-state index contributed by atoms with van der Waals surface area (Å²) in [6, 6.07) is 3.31. The molecular weight excluding hydrogens is 308 g/mol. The number of hydrogen-bond acceptors (Lipinski definition) is 4. The quantitative estimate of drug-likeness (QED) is 0.841. The van der Waals surface area contributed by atoms with E-state index in [1.807, 2.05) is 0 Å². The minimum absolute atomic E-state index is 0.247. The summed E-state index contributed by atoms with van der Waals surface area (Å²) in [6.45, 7) is -0.247. The zero-order chi connectivity index (χ0) is 15.8. The smallest absolute Gasteiger partial charge is 0.337 e. The third kappa shape index (κ3) is 3.35. The average molecular weight is 319 g/mol. The van der Waals surface area contributed by atoms with E-state index >= 15 is 0 Å². The number of aromatic carboxylic acids is 1. The van der Waals surface area contributed by atoms with Gasteiger partial charge in [-0.15, -0.1) is 3.89 Å². The van der Waals surface area contributed by atoms with Gasteiger partial charge in [0.1, 0.15) is 5.82 Å². The van der Waals surface area contributed by atoms with Gasteiger partial charge in [-0.3, -0.25) is 4.79 Å². The van der Waals surface area contributed by atoms with E-state index < -0.39 is 50.8 Å². The number of amides is 1. The Morgan fingerprint density at radius 3 is 2.67 bits per heavy atom. The van der Waals surface area contributed by atoms with Crippen LogP contribution in [-0.2, 0) is 15.0 Å². The van der Waals surface area contributed by atoms with Gasteiger partial charge < -0.3 is 10.0 Å². The fourth-order valence-electron chi connectivity index (χ4n) is 2.35. The van der Waals surface area contributed by atoms with Crippen molar-refractivity contribution in [3.63, 3.8) is 0 Å². The first-order valence-corrected chi connectivity index (χ1v) is 7.49. The first kappa shape index (κ1) is 15.4. The Morgan fingerprint density at radius 2 is 2.10 bits per heavy atom. The third-order valence-electron chi connectivity index (χ3n) is 3.13. The van der Waals surface area contributed by atoms with Crippen LogP contribution in [0.4, 0.5) is 14.0 Å². The van der Waals surface area contributed by atoms with Crippen LogP contribution >= 0.6 is 0 Å². The van der Waals surface area contributed by atoms with Crippen LogP contribution in [0.5, 0.6) is 0 Å². The Bertz CT molecular complexity index is 704. The topological polar surface area (TPSA) is 91.8 Å². The summed E-state index contributed by atoms with van der Waals surface area (Å²) < 4.78 is 47.7. The van der Waals surface area contributed by atoms with Gasteiger partial charge >= 0.3 is 16.2 Å². The molecule has 1 heterocycles. The molecule has 1 saturated heterocycles. The van der Waals surface area contributed by atoms with Crippen LogP contribution in [0.15, 0.2) is 18.2 Å². The van der Waals surface area contributed by atoms with Crippen molar-refractivity contribution in [2.75, 3.05) is 17.2 Å². The Kier molecular flexibility index (Phi) is 3.95. The van der Waals surface area contributed by atoms with Crippen molar-refractivity contribution in [3.8, 4) is 0 Å². The van der Waals surface area contributed by atoms with E-state index in [2.05, 4.69) is 0 Å². The molecule has 1 unspecified atom stereocenters. The molecule has 1 N–H and O–H groups in total. The monoisotopic (exact) mass is 319 g/mol. The molecule has 0 bridgehead atoms. The highest BCUT2D eigenvalue weighted by atomic mass is 32.3. The third-order valence-corrected chi connectivity index (χ3v) is 4.00. The summed E-state index contributed by atoms with van der Waals surface area (Å²) in [7, 11) is -4.76. The van der Waals surface area contributed by atoms with Gasteiger partial charge in [-0.25, -0.2) is 9.18 Å². The second kappa shape index (κ2) is 5.40. The normalized spacial score (nSPS) is 19.0. The number of hydrogen-bond donors (Lipinski definition) is 1. The van der Waals surface area contributed by atoms with Gasteiger partial charge in [0.15, 0.2) is 0 Å². The largest absolute Gasteiger partial charge is 0.478 e. The molecule has 0 radical (unpaired) electrons. The predicted molar refractivity (Wildman–Crippen MR) is 68.7 cm³/mol. The van der Waals surface area contributed by atoms with Gasteiger partial charge in [-0.1, -0.05) is 6.07 Å². The summed E-state index contributed by atoms with van der Waals surface area (Å²) in [4.78, 5) is 23.8. The number of benzene rings is 1. The number of carboxylic acids is 1. The van der Waals surface area contributed by atoms with Crippen LogP contribution in [0.3, 0.4) is 0 Å². The van der Waals surface area contributed by atoms with Crippen LogP contribution in [0.25, 0.3) is 0 Å². The van der Waals surface area contributed by atoms with Crippen molar-refractivity contribution in [2.24, 2.45) is 5.92 Å². The number of carboxylic acid groups (broad SMARTS) is 1. The number of carbonyl (C=O) groups excluding carboxylic acids is 1. The Balaban J connectivity index is 2.36. The second-order valence-corrected chi connectivity index (χ2v) is 6.13. The van der Waals surface area contributed by atoms with Gasteiger partial charge in [0.2, 0.25) is 5.91 Å². The molecule has 6 nitrogen and oxygen atoms in total. The van der Waals surface area contributed by atoms with Crippen molar-refractivity contribution in [2.45, 2.75) is 6.42 Å². The van der Waals surface area contributed by atoms with Crippen molar-refractivity contribution in [3.05, 3.63) is 29.6 Å². The van der Waals surface area contributed by atoms with E-state index in [9.17, 15) is 26.3 Å². The molecule has 2 rings (SSSR count). The van der Waals surface area contributed by atoms with E-state index in [0.29, 0.717) is 0 Å². The molecule has 1 amide bonds. The maximum Gasteiger partial charge on any atom is 0.337 e. The van der Waals surface area contributed by atoms with Crippen molar-refractivity contribution in [1.82, 2.24) is 0 Å². The minimum Gasteiger partial charge on any atom is -0.478 e. The van der Waals surface area contributed by atoms with Gasteiger partial charge in [-0.05, 0) is 12.1 Å². The highest BCUT2D eigenvalue weighted by Crippen LogP contribution is 2.31. The first-order chi connectivity index (χ1) is 9.69. The van der Waals surface area contributed by atoms with Crippen LogP contribution in [0.1, 0.15) is 16.8 Å². The molecule has 9 heteroatoms. The number of rotatable bonds is 4. The molecule has 1 aromatic carbocycles. The molecule has 1 atom stereocenters. The maximum absolute atomic E-state index is 13.9.